The monoisotopic (exact) mass is 527 g/mol. The first-order valence-electron chi connectivity index (χ1n) is 12.4. The van der Waals surface area contributed by atoms with Gasteiger partial charge in [0, 0.05) is 48.7 Å². The summed E-state index contributed by atoms with van der Waals surface area (Å²) in [5.74, 6) is 3.04. The van der Waals surface area contributed by atoms with E-state index in [1.54, 1.807) is 19.5 Å². The summed E-state index contributed by atoms with van der Waals surface area (Å²) in [4.78, 5) is 18.3. The molecule has 0 fully saturated rings. The second-order valence-corrected chi connectivity index (χ2v) is 9.47. The van der Waals surface area contributed by atoms with Gasteiger partial charge >= 0.3 is 0 Å². The minimum Gasteiger partial charge on any atom is -0.497 e. The topological polar surface area (TPSA) is 78.4 Å². The number of benzene rings is 2. The first-order chi connectivity index (χ1) is 18.5. The van der Waals surface area contributed by atoms with Crippen LogP contribution >= 0.6 is 11.6 Å². The molecule has 0 amide bonds. The second kappa shape index (κ2) is 11.0. The molecule has 1 aliphatic rings. The van der Waals surface area contributed by atoms with Crippen LogP contribution in [0.15, 0.2) is 85.1 Å². The van der Waals surface area contributed by atoms with Gasteiger partial charge < -0.3 is 20.3 Å². The third-order valence-corrected chi connectivity index (χ3v) is 6.45. The van der Waals surface area contributed by atoms with Gasteiger partial charge in [-0.25, -0.2) is 9.97 Å². The van der Waals surface area contributed by atoms with Gasteiger partial charge in [0.25, 0.3) is 0 Å². The number of pyridine rings is 1. The molecule has 0 bridgehead atoms. The summed E-state index contributed by atoms with van der Waals surface area (Å²) in [6.07, 6.45) is 8.37. The average Bonchev–Trinajstić information content (AvgIpc) is 3.35. The summed E-state index contributed by atoms with van der Waals surface area (Å²) in [7, 11) is 5.73. The highest BCUT2D eigenvalue weighted by Crippen LogP contribution is 2.31. The van der Waals surface area contributed by atoms with E-state index in [9.17, 15) is 0 Å². The number of anilines is 1. The number of halogens is 1. The Hall–Kier alpha value is -4.30. The summed E-state index contributed by atoms with van der Waals surface area (Å²) in [6.45, 7) is 2.13. The van der Waals surface area contributed by atoms with E-state index >= 15 is 0 Å². The second-order valence-electron chi connectivity index (χ2n) is 9.03. The number of nitrogens with zero attached hydrogens (tertiary/aromatic N) is 5. The van der Waals surface area contributed by atoms with Crippen LogP contribution in [0.1, 0.15) is 18.9 Å². The van der Waals surface area contributed by atoms with Crippen molar-refractivity contribution in [1.82, 2.24) is 30.1 Å². The molecule has 38 heavy (non-hydrogen) atoms. The Bertz CT molecular complexity index is 1490. The molecule has 4 aromatic rings. The van der Waals surface area contributed by atoms with Crippen molar-refractivity contribution in [3.05, 3.63) is 95.7 Å². The Morgan fingerprint density at radius 2 is 1.95 bits per heavy atom. The Kier molecular flexibility index (Phi) is 7.33. The number of ether oxygens (including phenoxy) is 1. The van der Waals surface area contributed by atoms with Crippen LogP contribution in [0.2, 0.25) is 5.02 Å². The number of hydrogen-bond donors (Lipinski definition) is 2. The lowest BCUT2D eigenvalue weighted by molar-refractivity contribution is 0.280. The molecule has 194 valence electrons. The van der Waals surface area contributed by atoms with Crippen molar-refractivity contribution < 1.29 is 4.74 Å². The molecule has 0 saturated heterocycles. The lowest BCUT2D eigenvalue weighted by Gasteiger charge is -2.32. The van der Waals surface area contributed by atoms with Gasteiger partial charge in [-0.3, -0.25) is 9.88 Å². The van der Waals surface area contributed by atoms with E-state index in [1.165, 1.54) is 0 Å². The molecule has 5 rings (SSSR count). The number of hydrogen-bond acceptors (Lipinski definition) is 8. The molecule has 3 heterocycles. The zero-order chi connectivity index (χ0) is 26.6. The summed E-state index contributed by atoms with van der Waals surface area (Å²) < 4.78 is 5.51. The predicted octanol–water partition coefficient (Wildman–Crippen LogP) is 5.77. The van der Waals surface area contributed by atoms with E-state index in [0.717, 1.165) is 45.7 Å². The van der Waals surface area contributed by atoms with E-state index < -0.39 is 0 Å². The number of methoxy groups -OCH3 is 1. The average molecular weight is 528 g/mol. The van der Waals surface area contributed by atoms with Gasteiger partial charge in [-0.1, -0.05) is 30.7 Å². The van der Waals surface area contributed by atoms with Crippen LogP contribution in [0.4, 0.5) is 5.82 Å². The molecule has 0 aliphatic carbocycles. The van der Waals surface area contributed by atoms with Gasteiger partial charge in [-0.05, 0) is 60.5 Å². The standard InChI is InChI=1S/C29H30ClN7O/c1-5-7-26(36(2)3)37-18-25(19-9-11-21(30)12-10-19)33-29(37)35-28-23-16-22(38-4)13-14-24(23)32-27(34-28)20-8-6-15-31-17-20/h6-18,29,33H,5H2,1-4H3,(H,32,34,35)/b26-7-. The third-order valence-electron chi connectivity index (χ3n) is 6.20. The van der Waals surface area contributed by atoms with Gasteiger partial charge in [0.2, 0.25) is 0 Å². The van der Waals surface area contributed by atoms with Crippen molar-refractivity contribution in [1.29, 1.82) is 0 Å². The van der Waals surface area contributed by atoms with Crippen molar-refractivity contribution >= 4 is 34.0 Å². The van der Waals surface area contributed by atoms with Crippen molar-refractivity contribution in [3.63, 3.8) is 0 Å². The Balaban J connectivity index is 1.60. The quantitative estimate of drug-likeness (QED) is 0.299. The number of fused-ring (bicyclic) bond motifs is 1. The molecule has 0 spiro atoms. The smallest absolute Gasteiger partial charge is 0.182 e. The highest BCUT2D eigenvalue weighted by molar-refractivity contribution is 6.30. The molecule has 9 heteroatoms. The molecule has 0 saturated carbocycles. The van der Waals surface area contributed by atoms with Crippen molar-refractivity contribution in [3.8, 4) is 17.1 Å². The van der Waals surface area contributed by atoms with Crippen LogP contribution in [0.5, 0.6) is 5.75 Å². The van der Waals surface area contributed by atoms with Crippen LogP contribution in [0.25, 0.3) is 28.0 Å². The molecule has 1 atom stereocenters. The van der Waals surface area contributed by atoms with Crippen molar-refractivity contribution in [2.75, 3.05) is 26.5 Å². The molecule has 8 nitrogen and oxygen atoms in total. The van der Waals surface area contributed by atoms with Crippen LogP contribution in [-0.4, -0.2) is 52.2 Å². The fraction of sp³-hybridized carbons (Fsp3) is 0.207. The van der Waals surface area contributed by atoms with Gasteiger partial charge in [0.1, 0.15) is 17.4 Å². The molecule has 2 N–H and O–H groups in total. The summed E-state index contributed by atoms with van der Waals surface area (Å²) in [5, 5.41) is 8.82. The van der Waals surface area contributed by atoms with Gasteiger partial charge in [-0.15, -0.1) is 0 Å². The van der Waals surface area contributed by atoms with E-state index in [0.29, 0.717) is 16.7 Å². The molecule has 2 aromatic heterocycles. The van der Waals surface area contributed by atoms with Gasteiger partial charge in [0.15, 0.2) is 12.1 Å². The summed E-state index contributed by atoms with van der Waals surface area (Å²) >= 11 is 6.15. The summed E-state index contributed by atoms with van der Waals surface area (Å²) in [5.41, 5.74) is 3.63. The fourth-order valence-corrected chi connectivity index (χ4v) is 4.48. The highest BCUT2D eigenvalue weighted by atomic mass is 35.5. The SMILES string of the molecule is CC/C=C(/N(C)C)N1C=C(c2ccc(Cl)cc2)NC1Nc1nc(-c2cccnc2)nc2ccc(OC)cc12. The first-order valence-corrected chi connectivity index (χ1v) is 12.8. The minimum atomic E-state index is -0.327. The van der Waals surface area contributed by atoms with Crippen molar-refractivity contribution in [2.24, 2.45) is 0 Å². The molecular weight excluding hydrogens is 498 g/mol. The molecule has 1 unspecified atom stereocenters. The van der Waals surface area contributed by atoms with E-state index in [2.05, 4.69) is 44.6 Å². The zero-order valence-electron chi connectivity index (χ0n) is 21.8. The number of allylic oxidation sites excluding steroid dienone is 1. The number of rotatable bonds is 8. The van der Waals surface area contributed by atoms with Crippen molar-refractivity contribution in [2.45, 2.75) is 19.6 Å². The summed E-state index contributed by atoms with van der Waals surface area (Å²) in [6, 6.07) is 17.4. The molecule has 1 aliphatic heterocycles. The van der Waals surface area contributed by atoms with Gasteiger partial charge in [0.05, 0.1) is 18.3 Å². The van der Waals surface area contributed by atoms with Crippen LogP contribution < -0.4 is 15.4 Å². The predicted molar refractivity (Wildman–Crippen MR) is 153 cm³/mol. The Morgan fingerprint density at radius 3 is 2.63 bits per heavy atom. The zero-order valence-corrected chi connectivity index (χ0v) is 22.6. The van der Waals surface area contributed by atoms with Gasteiger partial charge in [-0.2, -0.15) is 0 Å². The third kappa shape index (κ3) is 5.21. The Morgan fingerprint density at radius 1 is 1.13 bits per heavy atom. The normalized spacial score (nSPS) is 15.3. The van der Waals surface area contributed by atoms with E-state index in [1.807, 2.05) is 68.7 Å². The van der Waals surface area contributed by atoms with Crippen LogP contribution in [-0.2, 0) is 0 Å². The largest absolute Gasteiger partial charge is 0.497 e. The maximum atomic E-state index is 6.15. The van der Waals surface area contributed by atoms with Crippen LogP contribution in [0, 0.1) is 0 Å². The van der Waals surface area contributed by atoms with Crippen LogP contribution in [0.3, 0.4) is 0 Å². The maximum Gasteiger partial charge on any atom is 0.182 e. The van der Waals surface area contributed by atoms with E-state index in [-0.39, 0.29) is 6.29 Å². The lowest BCUT2D eigenvalue weighted by Crippen LogP contribution is -2.45. The fourth-order valence-electron chi connectivity index (χ4n) is 4.36. The Labute approximate surface area is 227 Å². The first kappa shape index (κ1) is 25.4. The van der Waals surface area contributed by atoms with E-state index in [4.69, 9.17) is 26.3 Å². The highest BCUT2D eigenvalue weighted by Gasteiger charge is 2.29. The number of nitrogens with one attached hydrogen (secondary N) is 2. The molecular formula is C29H30ClN7O. The lowest BCUT2D eigenvalue weighted by atomic mass is 10.2. The maximum absolute atomic E-state index is 6.15. The number of aromatic nitrogens is 3. The minimum absolute atomic E-state index is 0.327. The molecule has 0 radical (unpaired) electrons. The molecule has 2 aromatic carbocycles.